The molecule has 2 aliphatic rings. The minimum absolute atomic E-state index is 0.0271. The van der Waals surface area contributed by atoms with Crippen molar-refractivity contribution < 1.29 is 9.84 Å². The number of nitrogens with zero attached hydrogens (tertiary/aromatic N) is 7. The van der Waals surface area contributed by atoms with Crippen molar-refractivity contribution >= 4 is 17.0 Å². The molecule has 0 radical (unpaired) electrons. The quantitative estimate of drug-likeness (QED) is 0.689. The van der Waals surface area contributed by atoms with Crippen molar-refractivity contribution in [3.05, 3.63) is 42.7 Å². The van der Waals surface area contributed by atoms with E-state index in [9.17, 15) is 5.11 Å². The minimum atomic E-state index is -0.274. The Morgan fingerprint density at radius 1 is 1.14 bits per heavy atom. The minimum Gasteiger partial charge on any atom is -0.394 e. The van der Waals surface area contributed by atoms with Crippen molar-refractivity contribution in [3.8, 4) is 0 Å². The molecule has 0 saturated carbocycles. The number of anilines is 1. The number of imidazole rings is 1. The highest BCUT2D eigenvalue weighted by atomic mass is 16.5. The van der Waals surface area contributed by atoms with Crippen LogP contribution >= 0.6 is 0 Å². The zero-order valence-electron chi connectivity index (χ0n) is 16.3. The van der Waals surface area contributed by atoms with Gasteiger partial charge in [0, 0.05) is 45.1 Å². The zero-order chi connectivity index (χ0) is 19.6. The van der Waals surface area contributed by atoms with Gasteiger partial charge in [-0.15, -0.1) is 0 Å². The molecule has 2 saturated heterocycles. The van der Waals surface area contributed by atoms with Gasteiger partial charge in [0.15, 0.2) is 17.0 Å². The van der Waals surface area contributed by atoms with Gasteiger partial charge in [0.1, 0.15) is 12.6 Å². The number of hydrogen-bond donors (Lipinski definition) is 1. The molecule has 152 valence electrons. The van der Waals surface area contributed by atoms with Crippen molar-refractivity contribution in [2.24, 2.45) is 0 Å². The van der Waals surface area contributed by atoms with Gasteiger partial charge in [-0.05, 0) is 24.5 Å². The zero-order valence-corrected chi connectivity index (χ0v) is 16.3. The highest BCUT2D eigenvalue weighted by Crippen LogP contribution is 2.29. The molecule has 1 N–H and O–H groups in total. The molecule has 0 aromatic carbocycles. The van der Waals surface area contributed by atoms with E-state index >= 15 is 0 Å². The Balaban J connectivity index is 1.43. The maximum atomic E-state index is 9.77. The van der Waals surface area contributed by atoms with E-state index in [0.717, 1.165) is 42.2 Å². The largest absolute Gasteiger partial charge is 0.394 e. The van der Waals surface area contributed by atoms with Gasteiger partial charge < -0.3 is 14.7 Å². The summed E-state index contributed by atoms with van der Waals surface area (Å²) in [6, 6.07) is 4.00. The lowest BCUT2D eigenvalue weighted by molar-refractivity contribution is -0.135. The van der Waals surface area contributed by atoms with Crippen LogP contribution in [0.2, 0.25) is 0 Å². The third kappa shape index (κ3) is 3.68. The van der Waals surface area contributed by atoms with Gasteiger partial charge in [-0.3, -0.25) is 14.5 Å². The SMILES string of the molecule is OC[C@@H]1CN(Cc2cccnc2)C[C@H](n2cnc3c(N4CCCC4)ncnc32)O1. The summed E-state index contributed by atoms with van der Waals surface area (Å²) in [5.41, 5.74) is 2.72. The molecule has 29 heavy (non-hydrogen) atoms. The van der Waals surface area contributed by atoms with Gasteiger partial charge in [0.05, 0.1) is 19.0 Å². The fraction of sp³-hybridized carbons (Fsp3) is 0.500. The van der Waals surface area contributed by atoms with Crippen molar-refractivity contribution in [2.45, 2.75) is 31.7 Å². The van der Waals surface area contributed by atoms with Crippen molar-refractivity contribution in [1.29, 1.82) is 0 Å². The van der Waals surface area contributed by atoms with Gasteiger partial charge in [-0.2, -0.15) is 0 Å². The van der Waals surface area contributed by atoms with Crippen molar-refractivity contribution in [1.82, 2.24) is 29.4 Å². The maximum absolute atomic E-state index is 9.77. The van der Waals surface area contributed by atoms with Gasteiger partial charge in [-0.1, -0.05) is 6.07 Å². The topological polar surface area (TPSA) is 92.4 Å². The van der Waals surface area contributed by atoms with Crippen LogP contribution < -0.4 is 4.90 Å². The third-order valence-electron chi connectivity index (χ3n) is 5.61. The lowest BCUT2D eigenvalue weighted by Crippen LogP contribution is -2.46. The number of hydrogen-bond acceptors (Lipinski definition) is 8. The Labute approximate surface area is 169 Å². The number of aromatic nitrogens is 5. The summed E-state index contributed by atoms with van der Waals surface area (Å²) < 4.78 is 8.13. The smallest absolute Gasteiger partial charge is 0.167 e. The lowest BCUT2D eigenvalue weighted by atomic mass is 10.2. The molecule has 5 rings (SSSR count). The third-order valence-corrected chi connectivity index (χ3v) is 5.61. The Hall–Kier alpha value is -2.62. The molecular formula is C20H25N7O2. The van der Waals surface area contributed by atoms with Crippen LogP contribution in [0.3, 0.4) is 0 Å². The predicted octanol–water partition coefficient (Wildman–Crippen LogP) is 1.21. The fourth-order valence-electron chi connectivity index (χ4n) is 4.24. The summed E-state index contributed by atoms with van der Waals surface area (Å²) in [5, 5.41) is 9.77. The van der Waals surface area contributed by atoms with Crippen LogP contribution in [0.5, 0.6) is 0 Å². The number of aliphatic hydroxyl groups excluding tert-OH is 1. The Morgan fingerprint density at radius 3 is 2.83 bits per heavy atom. The Morgan fingerprint density at radius 2 is 2.03 bits per heavy atom. The number of fused-ring (bicyclic) bond motifs is 1. The second kappa shape index (κ2) is 8.02. The average Bonchev–Trinajstić information content (AvgIpc) is 3.44. The summed E-state index contributed by atoms with van der Waals surface area (Å²) >= 11 is 0. The monoisotopic (exact) mass is 395 g/mol. The summed E-state index contributed by atoms with van der Waals surface area (Å²) in [5.74, 6) is 0.896. The second-order valence-corrected chi connectivity index (χ2v) is 7.67. The predicted molar refractivity (Wildman–Crippen MR) is 107 cm³/mol. The van der Waals surface area contributed by atoms with Crippen LogP contribution in [0.25, 0.3) is 11.2 Å². The molecule has 3 aromatic rings. The van der Waals surface area contributed by atoms with E-state index in [4.69, 9.17) is 4.74 Å². The molecule has 0 amide bonds. The molecule has 5 heterocycles. The van der Waals surface area contributed by atoms with Gasteiger partial charge >= 0.3 is 0 Å². The second-order valence-electron chi connectivity index (χ2n) is 7.67. The number of morpholine rings is 1. The average molecular weight is 395 g/mol. The lowest BCUT2D eigenvalue weighted by Gasteiger charge is -2.37. The molecule has 3 aromatic heterocycles. The summed E-state index contributed by atoms with van der Waals surface area (Å²) in [6.07, 6.45) is 8.86. The van der Waals surface area contributed by atoms with E-state index < -0.39 is 0 Å². The molecule has 2 fully saturated rings. The van der Waals surface area contributed by atoms with Crippen LogP contribution in [0, 0.1) is 0 Å². The molecule has 9 heteroatoms. The van der Waals surface area contributed by atoms with E-state index in [2.05, 4.69) is 35.8 Å². The Bertz CT molecular complexity index is 958. The van der Waals surface area contributed by atoms with Gasteiger partial charge in [0.2, 0.25) is 0 Å². The number of ether oxygens (including phenoxy) is 1. The fourth-order valence-corrected chi connectivity index (χ4v) is 4.24. The van der Waals surface area contributed by atoms with E-state index in [0.29, 0.717) is 13.1 Å². The van der Waals surface area contributed by atoms with Gasteiger partial charge in [0.25, 0.3) is 0 Å². The number of aliphatic hydroxyl groups is 1. The molecule has 0 unspecified atom stereocenters. The molecule has 0 spiro atoms. The molecule has 2 aliphatic heterocycles. The first-order chi connectivity index (χ1) is 14.3. The Kier molecular flexibility index (Phi) is 5.09. The van der Waals surface area contributed by atoms with Crippen LogP contribution in [0.1, 0.15) is 24.6 Å². The highest BCUT2D eigenvalue weighted by Gasteiger charge is 2.30. The first-order valence-corrected chi connectivity index (χ1v) is 10.1. The van der Waals surface area contributed by atoms with Crippen molar-refractivity contribution in [2.75, 3.05) is 37.7 Å². The van der Waals surface area contributed by atoms with Gasteiger partial charge in [-0.25, -0.2) is 15.0 Å². The van der Waals surface area contributed by atoms with E-state index in [1.54, 1.807) is 18.9 Å². The summed E-state index contributed by atoms with van der Waals surface area (Å²) in [6.45, 7) is 4.09. The number of pyridine rings is 1. The molecule has 0 bridgehead atoms. The molecule has 2 atom stereocenters. The standard InChI is InChI=1S/C20H25N7O2/c28-12-16-10-25(9-15-4-3-5-21-8-15)11-17(29-16)27-14-24-18-19(22-13-23-20(18)27)26-6-1-2-7-26/h3-5,8,13-14,16-17,28H,1-2,6-7,9-12H2/t16-,17+/m0/s1. The normalized spacial score (nSPS) is 23.1. The van der Waals surface area contributed by atoms with Crippen molar-refractivity contribution in [3.63, 3.8) is 0 Å². The van der Waals surface area contributed by atoms with Crippen LogP contribution in [0.15, 0.2) is 37.2 Å². The molecule has 9 nitrogen and oxygen atoms in total. The van der Waals surface area contributed by atoms with Crippen LogP contribution in [-0.2, 0) is 11.3 Å². The van der Waals surface area contributed by atoms with E-state index in [-0.39, 0.29) is 18.9 Å². The molecular weight excluding hydrogens is 370 g/mol. The van der Waals surface area contributed by atoms with E-state index in [1.165, 1.54) is 12.8 Å². The number of rotatable bonds is 5. The summed E-state index contributed by atoms with van der Waals surface area (Å²) in [7, 11) is 0. The summed E-state index contributed by atoms with van der Waals surface area (Å²) in [4.78, 5) is 22.4. The van der Waals surface area contributed by atoms with Crippen LogP contribution in [0.4, 0.5) is 5.82 Å². The maximum Gasteiger partial charge on any atom is 0.167 e. The molecule has 0 aliphatic carbocycles. The first-order valence-electron chi connectivity index (χ1n) is 10.1. The first kappa shape index (κ1) is 18.4. The van der Waals surface area contributed by atoms with Crippen LogP contribution in [-0.4, -0.2) is 73.4 Å². The highest BCUT2D eigenvalue weighted by molar-refractivity contribution is 5.83. The van der Waals surface area contributed by atoms with E-state index in [1.807, 2.05) is 16.8 Å².